The van der Waals surface area contributed by atoms with Crippen LogP contribution in [-0.4, -0.2) is 71.1 Å². The van der Waals surface area contributed by atoms with E-state index < -0.39 is 18.2 Å². The van der Waals surface area contributed by atoms with Gasteiger partial charge in [0.05, 0.1) is 19.8 Å². The summed E-state index contributed by atoms with van der Waals surface area (Å²) in [6.07, 6.45) is 6.49. The zero-order valence-electron chi connectivity index (χ0n) is 17.9. The fourth-order valence-corrected chi connectivity index (χ4v) is 4.77. The molecule has 0 aliphatic carbocycles. The van der Waals surface area contributed by atoms with Gasteiger partial charge in [0.25, 0.3) is 0 Å². The Morgan fingerprint density at radius 3 is 2.62 bits per heavy atom. The first-order valence-electron chi connectivity index (χ1n) is 10.8. The average Bonchev–Trinajstić information content (AvgIpc) is 3.11. The van der Waals surface area contributed by atoms with E-state index in [-0.39, 0.29) is 24.3 Å². The van der Waals surface area contributed by atoms with Crippen LogP contribution < -0.4 is 0 Å². The van der Waals surface area contributed by atoms with Crippen LogP contribution in [0.5, 0.6) is 0 Å². The molecule has 5 atom stereocenters. The van der Waals surface area contributed by atoms with Crippen LogP contribution in [0.3, 0.4) is 0 Å². The van der Waals surface area contributed by atoms with E-state index in [1.165, 1.54) is 7.11 Å². The summed E-state index contributed by atoms with van der Waals surface area (Å²) >= 11 is 0. The Kier molecular flexibility index (Phi) is 8.70. The third-order valence-electron chi connectivity index (χ3n) is 6.25. The van der Waals surface area contributed by atoms with Crippen molar-refractivity contribution in [3.8, 4) is 0 Å². The Labute approximate surface area is 173 Å². The molecule has 0 saturated carbocycles. The maximum atomic E-state index is 11.3. The minimum atomic E-state index is -0.603. The highest BCUT2D eigenvalue weighted by Gasteiger charge is 2.58. The number of methoxy groups -OCH3 is 3. The highest BCUT2D eigenvalue weighted by atomic mass is 16.8. The molecule has 0 amide bonds. The number of carbonyl (C=O) groups excluding carboxylic acids is 1. The number of fused-ring (bicyclic) bond motifs is 1. The molecule has 3 fully saturated rings. The topological polar surface area (TPSA) is 81.7 Å². The van der Waals surface area contributed by atoms with Gasteiger partial charge in [0.15, 0.2) is 18.9 Å². The van der Waals surface area contributed by atoms with E-state index in [1.807, 2.05) is 0 Å². The first-order chi connectivity index (χ1) is 14.1. The molecule has 0 bridgehead atoms. The average molecular weight is 417 g/mol. The second-order valence-corrected chi connectivity index (χ2v) is 8.15. The van der Waals surface area contributed by atoms with Gasteiger partial charge in [0, 0.05) is 39.6 Å². The summed E-state index contributed by atoms with van der Waals surface area (Å²) in [6.45, 7) is 1.27. The predicted octanol–water partition coefficient (Wildman–Crippen LogP) is 2.77. The molecule has 0 N–H and O–H groups in total. The van der Waals surface area contributed by atoms with Crippen LogP contribution >= 0.6 is 0 Å². The van der Waals surface area contributed by atoms with Crippen molar-refractivity contribution >= 4 is 5.97 Å². The first-order valence-corrected chi connectivity index (χ1v) is 10.8. The predicted molar refractivity (Wildman–Crippen MR) is 103 cm³/mol. The van der Waals surface area contributed by atoms with Gasteiger partial charge in [-0.25, -0.2) is 0 Å². The normalized spacial score (nSPS) is 34.9. The molecular weight excluding hydrogens is 380 g/mol. The van der Waals surface area contributed by atoms with Crippen molar-refractivity contribution in [2.45, 2.75) is 88.4 Å². The van der Waals surface area contributed by atoms with Crippen molar-refractivity contribution in [2.24, 2.45) is 5.92 Å². The highest BCUT2D eigenvalue weighted by Crippen LogP contribution is 2.48. The lowest BCUT2D eigenvalue weighted by Crippen LogP contribution is -2.56. The molecule has 0 aromatic heterocycles. The van der Waals surface area contributed by atoms with Gasteiger partial charge < -0.3 is 33.2 Å². The van der Waals surface area contributed by atoms with Crippen LogP contribution in [0.15, 0.2) is 0 Å². The van der Waals surface area contributed by atoms with Gasteiger partial charge in [-0.15, -0.1) is 0 Å². The fourth-order valence-electron chi connectivity index (χ4n) is 4.77. The van der Waals surface area contributed by atoms with Gasteiger partial charge in [-0.2, -0.15) is 0 Å². The zero-order valence-corrected chi connectivity index (χ0v) is 17.9. The largest absolute Gasteiger partial charge is 0.469 e. The Hall–Kier alpha value is -0.770. The minimum absolute atomic E-state index is 0.0822. The van der Waals surface area contributed by atoms with Crippen LogP contribution in [0.1, 0.15) is 57.8 Å². The zero-order chi connectivity index (χ0) is 20.7. The maximum Gasteiger partial charge on any atom is 0.305 e. The lowest BCUT2D eigenvalue weighted by Gasteiger charge is -2.45. The molecule has 168 valence electrons. The van der Waals surface area contributed by atoms with Gasteiger partial charge in [0.2, 0.25) is 0 Å². The van der Waals surface area contributed by atoms with Crippen LogP contribution in [0.4, 0.5) is 0 Å². The SMILES string of the molecule is COC(=O)CCCCC1CC2COC(OC3CCCCO3)CC2(C(OC)OC)O1. The molecular formula is C21H36O8. The van der Waals surface area contributed by atoms with E-state index in [0.29, 0.717) is 19.4 Å². The Bertz CT molecular complexity index is 505. The molecule has 3 rings (SSSR count). The van der Waals surface area contributed by atoms with Crippen molar-refractivity contribution in [1.29, 1.82) is 0 Å². The molecule has 0 aromatic carbocycles. The maximum absolute atomic E-state index is 11.3. The quantitative estimate of drug-likeness (QED) is 0.305. The summed E-state index contributed by atoms with van der Waals surface area (Å²) in [5, 5.41) is 0. The standard InChI is InChI=1S/C21H36O8/c1-23-17(22)9-5-4-8-16-12-15-14-27-19(28-18-10-6-7-11-26-18)13-21(15,29-16)20(24-2)25-3/h15-16,18-20H,4-14H2,1-3H3. The van der Waals surface area contributed by atoms with E-state index in [9.17, 15) is 4.79 Å². The number of ether oxygens (including phenoxy) is 7. The molecule has 29 heavy (non-hydrogen) atoms. The number of hydrogen-bond acceptors (Lipinski definition) is 8. The molecule has 3 aliphatic heterocycles. The fraction of sp³-hybridized carbons (Fsp3) is 0.952. The molecule has 0 spiro atoms. The van der Waals surface area contributed by atoms with Crippen LogP contribution in [-0.2, 0) is 38.0 Å². The van der Waals surface area contributed by atoms with Gasteiger partial charge in [-0.05, 0) is 38.5 Å². The summed E-state index contributed by atoms with van der Waals surface area (Å²) in [5.74, 6) is 0.00441. The van der Waals surface area contributed by atoms with Gasteiger partial charge >= 0.3 is 5.97 Å². The van der Waals surface area contributed by atoms with E-state index in [2.05, 4.69) is 0 Å². The van der Waals surface area contributed by atoms with Gasteiger partial charge in [-0.1, -0.05) is 6.42 Å². The van der Waals surface area contributed by atoms with E-state index >= 15 is 0 Å². The first kappa shape index (κ1) is 22.9. The summed E-state index contributed by atoms with van der Waals surface area (Å²) in [5.41, 5.74) is -0.603. The Morgan fingerprint density at radius 2 is 1.93 bits per heavy atom. The number of rotatable bonds is 10. The molecule has 8 nitrogen and oxygen atoms in total. The van der Waals surface area contributed by atoms with Crippen molar-refractivity contribution < 1.29 is 38.0 Å². The lowest BCUT2D eigenvalue weighted by molar-refractivity contribution is -0.325. The van der Waals surface area contributed by atoms with E-state index in [1.54, 1.807) is 14.2 Å². The number of unbranched alkanes of at least 4 members (excludes halogenated alkanes) is 1. The second kappa shape index (κ2) is 11.0. The van der Waals surface area contributed by atoms with Crippen molar-refractivity contribution in [2.75, 3.05) is 34.5 Å². The van der Waals surface area contributed by atoms with Crippen molar-refractivity contribution in [3.05, 3.63) is 0 Å². The van der Waals surface area contributed by atoms with Crippen LogP contribution in [0.25, 0.3) is 0 Å². The molecule has 8 heteroatoms. The van der Waals surface area contributed by atoms with E-state index in [4.69, 9.17) is 33.2 Å². The molecule has 0 radical (unpaired) electrons. The second-order valence-electron chi connectivity index (χ2n) is 8.15. The number of esters is 1. The number of carbonyl (C=O) groups is 1. The number of hydrogen-bond donors (Lipinski definition) is 0. The van der Waals surface area contributed by atoms with Crippen LogP contribution in [0, 0.1) is 5.92 Å². The van der Waals surface area contributed by atoms with E-state index in [0.717, 1.165) is 51.6 Å². The Balaban J connectivity index is 1.59. The lowest BCUT2D eigenvalue weighted by atomic mass is 9.81. The Morgan fingerprint density at radius 1 is 1.10 bits per heavy atom. The van der Waals surface area contributed by atoms with Gasteiger partial charge in [0.1, 0.15) is 5.60 Å². The summed E-state index contributed by atoms with van der Waals surface area (Å²) in [7, 11) is 4.70. The van der Waals surface area contributed by atoms with Gasteiger partial charge in [-0.3, -0.25) is 4.79 Å². The molecule has 3 aliphatic rings. The molecule has 3 heterocycles. The smallest absolute Gasteiger partial charge is 0.305 e. The molecule has 5 unspecified atom stereocenters. The van der Waals surface area contributed by atoms with Crippen molar-refractivity contribution in [3.63, 3.8) is 0 Å². The summed E-state index contributed by atoms with van der Waals surface area (Å²) in [4.78, 5) is 11.3. The highest BCUT2D eigenvalue weighted by molar-refractivity contribution is 5.68. The third kappa shape index (κ3) is 5.68. The van der Waals surface area contributed by atoms with Crippen LogP contribution in [0.2, 0.25) is 0 Å². The summed E-state index contributed by atoms with van der Waals surface area (Å²) in [6, 6.07) is 0. The molecule has 3 saturated heterocycles. The third-order valence-corrected chi connectivity index (χ3v) is 6.25. The molecule has 0 aromatic rings. The van der Waals surface area contributed by atoms with Crippen molar-refractivity contribution in [1.82, 2.24) is 0 Å². The minimum Gasteiger partial charge on any atom is -0.469 e. The summed E-state index contributed by atoms with van der Waals surface area (Å²) < 4.78 is 40.4. The monoisotopic (exact) mass is 416 g/mol.